The Bertz CT molecular complexity index is 884. The van der Waals surface area contributed by atoms with Crippen LogP contribution in [0.4, 0.5) is 0 Å². The molecule has 0 saturated heterocycles. The Balaban J connectivity index is 1.82. The van der Waals surface area contributed by atoms with Gasteiger partial charge >= 0.3 is 5.97 Å². The second kappa shape index (κ2) is 9.53. The summed E-state index contributed by atoms with van der Waals surface area (Å²) < 4.78 is 6.95. The highest BCUT2D eigenvalue weighted by molar-refractivity contribution is 7.99. The maximum Gasteiger partial charge on any atom is 0.305 e. The summed E-state index contributed by atoms with van der Waals surface area (Å²) in [5, 5.41) is 10.1. The molecule has 1 aromatic carbocycles. The highest BCUT2D eigenvalue weighted by atomic mass is 35.5. The Hall–Kier alpha value is -2.38. The number of aromatic nitrogens is 4. The van der Waals surface area contributed by atoms with E-state index in [1.165, 1.54) is 0 Å². The smallest absolute Gasteiger partial charge is 0.305 e. The van der Waals surface area contributed by atoms with Crippen molar-refractivity contribution >= 4 is 29.3 Å². The first-order valence-corrected chi connectivity index (χ1v) is 9.95. The number of hydrogen-bond donors (Lipinski definition) is 0. The number of pyridine rings is 1. The summed E-state index contributed by atoms with van der Waals surface area (Å²) in [6.45, 7) is 2.22. The number of ether oxygens (including phenoxy) is 1. The van der Waals surface area contributed by atoms with E-state index in [0.717, 1.165) is 28.0 Å². The predicted molar refractivity (Wildman–Crippen MR) is 106 cm³/mol. The average molecular weight is 403 g/mol. The summed E-state index contributed by atoms with van der Waals surface area (Å²) in [4.78, 5) is 15.5. The molecule has 0 N–H and O–H groups in total. The number of esters is 1. The largest absolute Gasteiger partial charge is 0.466 e. The van der Waals surface area contributed by atoms with Crippen LogP contribution in [-0.4, -0.2) is 38.1 Å². The van der Waals surface area contributed by atoms with E-state index >= 15 is 0 Å². The van der Waals surface area contributed by atoms with E-state index in [1.54, 1.807) is 24.2 Å². The average Bonchev–Trinajstić information content (AvgIpc) is 3.11. The van der Waals surface area contributed by atoms with Gasteiger partial charge in [-0.05, 0) is 49.7 Å². The molecule has 0 aliphatic heterocycles. The summed E-state index contributed by atoms with van der Waals surface area (Å²) in [7, 11) is 0. The molecule has 0 aliphatic rings. The minimum absolute atomic E-state index is 0.172. The molecule has 0 fully saturated rings. The molecule has 0 amide bonds. The first-order valence-electron chi connectivity index (χ1n) is 8.59. The summed E-state index contributed by atoms with van der Waals surface area (Å²) in [6.07, 6.45) is 4.56. The molecule has 0 radical (unpaired) electrons. The summed E-state index contributed by atoms with van der Waals surface area (Å²) in [6, 6.07) is 11.3. The van der Waals surface area contributed by atoms with Gasteiger partial charge in [-0.3, -0.25) is 14.3 Å². The van der Waals surface area contributed by atoms with Crippen LogP contribution in [0, 0.1) is 0 Å². The monoisotopic (exact) mass is 402 g/mol. The molecule has 0 spiro atoms. The van der Waals surface area contributed by atoms with Crippen molar-refractivity contribution in [3.63, 3.8) is 0 Å². The van der Waals surface area contributed by atoms with Gasteiger partial charge in [-0.25, -0.2) is 0 Å². The van der Waals surface area contributed by atoms with Gasteiger partial charge in [0.2, 0.25) is 0 Å². The van der Waals surface area contributed by atoms with Gasteiger partial charge in [-0.2, -0.15) is 0 Å². The van der Waals surface area contributed by atoms with E-state index in [0.29, 0.717) is 24.5 Å². The third-order valence-electron chi connectivity index (χ3n) is 3.72. The van der Waals surface area contributed by atoms with Crippen LogP contribution in [0.25, 0.3) is 17.1 Å². The number of hydrogen-bond acceptors (Lipinski definition) is 6. The van der Waals surface area contributed by atoms with Crippen LogP contribution < -0.4 is 0 Å². The second-order valence-electron chi connectivity index (χ2n) is 5.61. The molecule has 0 saturated carbocycles. The van der Waals surface area contributed by atoms with Crippen molar-refractivity contribution in [3.8, 4) is 17.1 Å². The molecule has 3 aromatic rings. The quantitative estimate of drug-likeness (QED) is 0.315. The Kier molecular flexibility index (Phi) is 6.84. The Labute approximate surface area is 166 Å². The number of nitrogens with zero attached hydrogens (tertiary/aromatic N) is 4. The molecule has 8 heteroatoms. The molecule has 6 nitrogen and oxygen atoms in total. The van der Waals surface area contributed by atoms with Crippen LogP contribution in [0.2, 0.25) is 5.02 Å². The molecular formula is C19H19ClN4O2S. The van der Waals surface area contributed by atoms with Crippen LogP contribution in [0.3, 0.4) is 0 Å². The van der Waals surface area contributed by atoms with Crippen LogP contribution in [0.5, 0.6) is 0 Å². The lowest BCUT2D eigenvalue weighted by Crippen LogP contribution is -2.04. The Morgan fingerprint density at radius 1 is 1.15 bits per heavy atom. The maximum atomic E-state index is 11.5. The molecule has 2 aromatic heterocycles. The van der Waals surface area contributed by atoms with Crippen molar-refractivity contribution in [2.75, 3.05) is 12.4 Å². The fourth-order valence-electron chi connectivity index (χ4n) is 2.49. The van der Waals surface area contributed by atoms with E-state index in [2.05, 4.69) is 15.2 Å². The number of benzene rings is 1. The zero-order valence-corrected chi connectivity index (χ0v) is 16.4. The third kappa shape index (κ3) is 5.08. The minimum Gasteiger partial charge on any atom is -0.466 e. The van der Waals surface area contributed by atoms with E-state index < -0.39 is 0 Å². The normalized spacial score (nSPS) is 10.7. The standard InChI is InChI=1S/C19H19ClN4O2S/c1-2-26-17(25)4-3-13-27-19-23-22-18(14-9-11-21-12-10-14)24(19)16-7-5-15(20)6-8-16/h5-12H,2-4,13H2,1H3. The van der Waals surface area contributed by atoms with Gasteiger partial charge in [-0.15, -0.1) is 10.2 Å². The zero-order valence-electron chi connectivity index (χ0n) is 14.8. The molecule has 0 atom stereocenters. The van der Waals surface area contributed by atoms with Gasteiger partial charge in [0.1, 0.15) is 0 Å². The molecule has 27 heavy (non-hydrogen) atoms. The van der Waals surface area contributed by atoms with Crippen LogP contribution in [0.15, 0.2) is 53.9 Å². The van der Waals surface area contributed by atoms with E-state index in [9.17, 15) is 4.79 Å². The summed E-state index contributed by atoms with van der Waals surface area (Å²) >= 11 is 7.58. The number of carbonyl (C=O) groups is 1. The lowest BCUT2D eigenvalue weighted by atomic mass is 10.2. The van der Waals surface area contributed by atoms with Crippen molar-refractivity contribution < 1.29 is 9.53 Å². The van der Waals surface area contributed by atoms with Gasteiger partial charge in [0.25, 0.3) is 0 Å². The molecule has 0 bridgehead atoms. The topological polar surface area (TPSA) is 69.9 Å². The molecule has 140 valence electrons. The van der Waals surface area contributed by atoms with Crippen LogP contribution in [0.1, 0.15) is 19.8 Å². The summed E-state index contributed by atoms with van der Waals surface area (Å²) in [5.74, 6) is 1.29. The zero-order chi connectivity index (χ0) is 19.1. The van der Waals surface area contributed by atoms with Crippen molar-refractivity contribution in [2.45, 2.75) is 24.9 Å². The molecule has 0 unspecified atom stereocenters. The molecular weight excluding hydrogens is 384 g/mol. The molecule has 3 rings (SSSR count). The number of halogens is 1. The maximum absolute atomic E-state index is 11.5. The minimum atomic E-state index is -0.172. The highest BCUT2D eigenvalue weighted by Gasteiger charge is 2.16. The number of thioether (sulfide) groups is 1. The van der Waals surface area contributed by atoms with E-state index in [4.69, 9.17) is 16.3 Å². The second-order valence-corrected chi connectivity index (χ2v) is 7.11. The number of rotatable bonds is 8. The van der Waals surface area contributed by atoms with E-state index in [1.807, 2.05) is 47.9 Å². The third-order valence-corrected chi connectivity index (χ3v) is 4.99. The first kappa shape index (κ1) is 19.4. The lowest BCUT2D eigenvalue weighted by molar-refractivity contribution is -0.143. The summed E-state index contributed by atoms with van der Waals surface area (Å²) in [5.41, 5.74) is 1.84. The van der Waals surface area contributed by atoms with Crippen molar-refractivity contribution in [1.82, 2.24) is 19.7 Å². The lowest BCUT2D eigenvalue weighted by Gasteiger charge is -2.10. The van der Waals surface area contributed by atoms with Crippen molar-refractivity contribution in [1.29, 1.82) is 0 Å². The van der Waals surface area contributed by atoms with Gasteiger partial charge in [0.05, 0.1) is 6.61 Å². The van der Waals surface area contributed by atoms with Gasteiger partial charge < -0.3 is 4.74 Å². The highest BCUT2D eigenvalue weighted by Crippen LogP contribution is 2.28. The molecule has 2 heterocycles. The Morgan fingerprint density at radius 3 is 2.59 bits per heavy atom. The van der Waals surface area contributed by atoms with Gasteiger partial charge in [-0.1, -0.05) is 23.4 Å². The van der Waals surface area contributed by atoms with E-state index in [-0.39, 0.29) is 5.97 Å². The van der Waals surface area contributed by atoms with Crippen LogP contribution in [-0.2, 0) is 9.53 Å². The van der Waals surface area contributed by atoms with Crippen molar-refractivity contribution in [3.05, 3.63) is 53.8 Å². The predicted octanol–water partition coefficient (Wildman–Crippen LogP) is 4.42. The fraction of sp³-hybridized carbons (Fsp3) is 0.263. The number of carbonyl (C=O) groups excluding carboxylic acids is 1. The van der Waals surface area contributed by atoms with Gasteiger partial charge in [0, 0.05) is 40.8 Å². The Morgan fingerprint density at radius 2 is 1.89 bits per heavy atom. The van der Waals surface area contributed by atoms with Crippen molar-refractivity contribution in [2.24, 2.45) is 0 Å². The fourth-order valence-corrected chi connectivity index (χ4v) is 3.50. The SMILES string of the molecule is CCOC(=O)CCCSc1nnc(-c2ccncc2)n1-c1ccc(Cl)cc1. The van der Waals surface area contributed by atoms with Crippen LogP contribution >= 0.6 is 23.4 Å². The molecule has 0 aliphatic carbocycles. The van der Waals surface area contributed by atoms with Gasteiger partial charge in [0.15, 0.2) is 11.0 Å². The first-order chi connectivity index (χ1) is 13.2.